The first-order valence-corrected chi connectivity index (χ1v) is 8.89. The molecule has 2 aromatic rings. The summed E-state index contributed by atoms with van der Waals surface area (Å²) in [7, 11) is 0. The molecule has 0 bridgehead atoms. The molecule has 0 aromatic heterocycles. The Balaban J connectivity index is 1.48. The molecule has 2 aromatic carbocycles. The first kappa shape index (κ1) is 17.4. The van der Waals surface area contributed by atoms with E-state index in [0.29, 0.717) is 67.8 Å². The lowest BCUT2D eigenvalue weighted by Gasteiger charge is -2.27. The van der Waals surface area contributed by atoms with Crippen LogP contribution in [0.25, 0.3) is 0 Å². The maximum atomic E-state index is 12.6. The number of hydrogen-bond acceptors (Lipinski definition) is 5. The van der Waals surface area contributed by atoms with E-state index in [1.807, 2.05) is 0 Å². The maximum Gasteiger partial charge on any atom is 0.255 e. The number of nitrogens with one attached hydrogen (secondary N) is 1. The molecule has 2 aliphatic heterocycles. The van der Waals surface area contributed by atoms with Gasteiger partial charge in [0.1, 0.15) is 13.2 Å². The lowest BCUT2D eigenvalue weighted by molar-refractivity contribution is 0.0303. The second-order valence-corrected chi connectivity index (χ2v) is 6.30. The van der Waals surface area contributed by atoms with Gasteiger partial charge < -0.3 is 24.4 Å². The average Bonchev–Trinajstić information content (AvgIpc) is 2.74. The van der Waals surface area contributed by atoms with E-state index in [9.17, 15) is 9.59 Å². The Hall–Kier alpha value is -3.06. The predicted molar refractivity (Wildman–Crippen MR) is 98.5 cm³/mol. The number of ether oxygens (including phenoxy) is 3. The van der Waals surface area contributed by atoms with Crippen molar-refractivity contribution in [2.24, 2.45) is 0 Å². The molecule has 1 fully saturated rings. The van der Waals surface area contributed by atoms with Crippen LogP contribution < -0.4 is 14.8 Å². The highest BCUT2D eigenvalue weighted by Gasteiger charge is 2.20. The van der Waals surface area contributed by atoms with Crippen LogP contribution in [0.4, 0.5) is 5.69 Å². The number of carbonyl (C=O) groups excluding carboxylic acids is 2. The number of rotatable bonds is 3. The third-order valence-electron chi connectivity index (χ3n) is 4.47. The van der Waals surface area contributed by atoms with Gasteiger partial charge in [0.2, 0.25) is 0 Å². The van der Waals surface area contributed by atoms with Crippen LogP contribution in [0.5, 0.6) is 11.5 Å². The van der Waals surface area contributed by atoms with E-state index < -0.39 is 0 Å². The molecule has 0 radical (unpaired) electrons. The fraction of sp³-hybridized carbons (Fsp3) is 0.300. The lowest BCUT2D eigenvalue weighted by atomic mass is 10.1. The summed E-state index contributed by atoms with van der Waals surface area (Å²) in [5.74, 6) is 0.892. The zero-order valence-corrected chi connectivity index (χ0v) is 14.8. The van der Waals surface area contributed by atoms with Crippen LogP contribution in [0, 0.1) is 0 Å². The van der Waals surface area contributed by atoms with E-state index in [1.165, 1.54) is 0 Å². The van der Waals surface area contributed by atoms with Gasteiger partial charge in [-0.1, -0.05) is 6.07 Å². The van der Waals surface area contributed by atoms with Gasteiger partial charge in [0, 0.05) is 36.0 Å². The SMILES string of the molecule is O=C(Nc1ccc2c(c1)OCCO2)c1cccc(C(=O)N2CCOCC2)c1. The van der Waals surface area contributed by atoms with Crippen LogP contribution in [-0.4, -0.2) is 56.2 Å². The Bertz CT molecular complexity index is 861. The molecule has 2 heterocycles. The maximum absolute atomic E-state index is 12.6. The van der Waals surface area contributed by atoms with Crippen molar-refractivity contribution in [1.82, 2.24) is 4.90 Å². The monoisotopic (exact) mass is 368 g/mol. The summed E-state index contributed by atoms with van der Waals surface area (Å²) in [6.07, 6.45) is 0. The highest BCUT2D eigenvalue weighted by molar-refractivity contribution is 6.06. The minimum atomic E-state index is -0.289. The molecule has 0 atom stereocenters. The van der Waals surface area contributed by atoms with Crippen LogP contribution in [0.15, 0.2) is 42.5 Å². The van der Waals surface area contributed by atoms with Gasteiger partial charge in [-0.15, -0.1) is 0 Å². The topological polar surface area (TPSA) is 77.1 Å². The molecule has 27 heavy (non-hydrogen) atoms. The summed E-state index contributed by atoms with van der Waals surface area (Å²) in [4.78, 5) is 26.9. The minimum absolute atomic E-state index is 0.0905. The Morgan fingerprint density at radius 2 is 1.59 bits per heavy atom. The summed E-state index contributed by atoms with van der Waals surface area (Å²) in [6, 6.07) is 12.0. The standard InChI is InChI=1S/C20H20N2O5/c23-19(21-16-4-5-17-18(13-16)27-11-10-26-17)14-2-1-3-15(12-14)20(24)22-6-8-25-9-7-22/h1-5,12-13H,6-11H2,(H,21,23). The van der Waals surface area contributed by atoms with E-state index in [2.05, 4.69) is 5.32 Å². The van der Waals surface area contributed by atoms with Gasteiger partial charge in [-0.05, 0) is 30.3 Å². The Kier molecular flexibility index (Phi) is 4.93. The largest absolute Gasteiger partial charge is 0.486 e. The number of nitrogens with zero attached hydrogens (tertiary/aromatic N) is 1. The predicted octanol–water partition coefficient (Wildman–Crippen LogP) is 2.18. The molecular weight excluding hydrogens is 348 g/mol. The number of carbonyl (C=O) groups is 2. The second-order valence-electron chi connectivity index (χ2n) is 6.30. The number of fused-ring (bicyclic) bond motifs is 1. The summed E-state index contributed by atoms with van der Waals surface area (Å²) in [5, 5.41) is 2.83. The number of hydrogen-bond donors (Lipinski definition) is 1. The van der Waals surface area contributed by atoms with Crippen molar-refractivity contribution in [2.45, 2.75) is 0 Å². The molecule has 0 saturated carbocycles. The third kappa shape index (κ3) is 3.88. The molecule has 7 heteroatoms. The minimum Gasteiger partial charge on any atom is -0.486 e. The molecule has 2 aliphatic rings. The Labute approximate surface area is 156 Å². The highest BCUT2D eigenvalue weighted by atomic mass is 16.6. The summed E-state index contributed by atoms with van der Waals surface area (Å²) < 4.78 is 16.3. The van der Waals surface area contributed by atoms with Gasteiger partial charge in [0.05, 0.1) is 13.2 Å². The molecule has 2 amide bonds. The van der Waals surface area contributed by atoms with E-state index >= 15 is 0 Å². The molecular formula is C20H20N2O5. The van der Waals surface area contributed by atoms with Gasteiger partial charge in [-0.25, -0.2) is 0 Å². The van der Waals surface area contributed by atoms with Crippen molar-refractivity contribution in [1.29, 1.82) is 0 Å². The summed E-state index contributed by atoms with van der Waals surface area (Å²) in [5.41, 5.74) is 1.52. The molecule has 0 spiro atoms. The van der Waals surface area contributed by atoms with Crippen LogP contribution in [0.3, 0.4) is 0 Å². The van der Waals surface area contributed by atoms with Crippen LogP contribution >= 0.6 is 0 Å². The Morgan fingerprint density at radius 1 is 0.852 bits per heavy atom. The van der Waals surface area contributed by atoms with E-state index in [0.717, 1.165) is 0 Å². The average molecular weight is 368 g/mol. The Morgan fingerprint density at radius 3 is 2.41 bits per heavy atom. The fourth-order valence-corrected chi connectivity index (χ4v) is 3.07. The van der Waals surface area contributed by atoms with Gasteiger partial charge in [0.15, 0.2) is 11.5 Å². The normalized spacial score (nSPS) is 15.9. The van der Waals surface area contributed by atoms with Crippen molar-refractivity contribution in [3.63, 3.8) is 0 Å². The summed E-state index contributed by atoms with van der Waals surface area (Å²) >= 11 is 0. The number of benzene rings is 2. The zero-order chi connectivity index (χ0) is 18.6. The van der Waals surface area contributed by atoms with Gasteiger partial charge in [0.25, 0.3) is 11.8 Å². The van der Waals surface area contributed by atoms with E-state index in [-0.39, 0.29) is 11.8 Å². The lowest BCUT2D eigenvalue weighted by Crippen LogP contribution is -2.40. The second kappa shape index (κ2) is 7.67. The molecule has 4 rings (SSSR count). The molecule has 0 aliphatic carbocycles. The fourth-order valence-electron chi connectivity index (χ4n) is 3.07. The van der Waals surface area contributed by atoms with Gasteiger partial charge in [-0.2, -0.15) is 0 Å². The van der Waals surface area contributed by atoms with Crippen LogP contribution in [0.2, 0.25) is 0 Å². The van der Waals surface area contributed by atoms with E-state index in [1.54, 1.807) is 47.4 Å². The van der Waals surface area contributed by atoms with Crippen molar-refractivity contribution < 1.29 is 23.8 Å². The molecule has 1 saturated heterocycles. The number of anilines is 1. The van der Waals surface area contributed by atoms with Crippen molar-refractivity contribution in [3.05, 3.63) is 53.6 Å². The van der Waals surface area contributed by atoms with Crippen LogP contribution in [0.1, 0.15) is 20.7 Å². The quantitative estimate of drug-likeness (QED) is 0.899. The van der Waals surface area contributed by atoms with Gasteiger partial charge >= 0.3 is 0 Å². The molecule has 7 nitrogen and oxygen atoms in total. The first-order valence-electron chi connectivity index (χ1n) is 8.89. The highest BCUT2D eigenvalue weighted by Crippen LogP contribution is 2.32. The van der Waals surface area contributed by atoms with Crippen LogP contribution in [-0.2, 0) is 4.74 Å². The first-order chi connectivity index (χ1) is 13.2. The molecule has 140 valence electrons. The van der Waals surface area contributed by atoms with Crippen molar-refractivity contribution >= 4 is 17.5 Å². The summed E-state index contributed by atoms with van der Waals surface area (Å²) in [6.45, 7) is 3.20. The smallest absolute Gasteiger partial charge is 0.255 e. The molecule has 1 N–H and O–H groups in total. The van der Waals surface area contributed by atoms with Crippen molar-refractivity contribution in [2.75, 3.05) is 44.8 Å². The van der Waals surface area contributed by atoms with E-state index in [4.69, 9.17) is 14.2 Å². The number of amides is 2. The van der Waals surface area contributed by atoms with Gasteiger partial charge in [-0.3, -0.25) is 9.59 Å². The number of morpholine rings is 1. The molecule has 0 unspecified atom stereocenters. The zero-order valence-electron chi connectivity index (χ0n) is 14.8. The third-order valence-corrected chi connectivity index (χ3v) is 4.47. The van der Waals surface area contributed by atoms with Crippen molar-refractivity contribution in [3.8, 4) is 11.5 Å².